The molecule has 150 valence electrons. The maximum Gasteiger partial charge on any atom is 0.277 e. The second-order valence-electron chi connectivity index (χ2n) is 7.44. The summed E-state index contributed by atoms with van der Waals surface area (Å²) in [7, 11) is 1.90. The summed E-state index contributed by atoms with van der Waals surface area (Å²) in [6.07, 6.45) is 2.07. The molecule has 1 N–H and O–H groups in total. The Hall–Kier alpha value is -1.69. The van der Waals surface area contributed by atoms with Crippen LogP contribution in [-0.4, -0.2) is 56.8 Å². The van der Waals surface area contributed by atoms with Gasteiger partial charge in [0.05, 0.1) is 26.2 Å². The van der Waals surface area contributed by atoms with Crippen LogP contribution in [0.4, 0.5) is 5.69 Å². The van der Waals surface area contributed by atoms with E-state index in [1.165, 1.54) is 26.6 Å². The van der Waals surface area contributed by atoms with Gasteiger partial charge in [0.1, 0.15) is 0 Å². The number of hydrogen-bond donors (Lipinski definition) is 1. The van der Waals surface area contributed by atoms with Gasteiger partial charge < -0.3 is 14.7 Å². The molecule has 0 atom stereocenters. The Morgan fingerprint density at radius 2 is 1.86 bits per heavy atom. The van der Waals surface area contributed by atoms with Gasteiger partial charge in [0.25, 0.3) is 5.91 Å². The fourth-order valence-corrected chi connectivity index (χ4v) is 4.18. The van der Waals surface area contributed by atoms with E-state index in [9.17, 15) is 4.79 Å². The van der Waals surface area contributed by atoms with E-state index in [1.807, 2.05) is 24.1 Å². The van der Waals surface area contributed by atoms with Crippen molar-refractivity contribution in [1.29, 1.82) is 0 Å². The molecule has 4 nitrogen and oxygen atoms in total. The SMILES string of the molecule is CSc1ccc(CN(C)C(=O)C[NH+]2CCN(c3cc(Cl)ccc3C)CC2)cc1. The first-order chi connectivity index (χ1) is 13.5. The third-order valence-electron chi connectivity index (χ3n) is 5.39. The lowest BCUT2D eigenvalue weighted by Gasteiger charge is -2.34. The van der Waals surface area contributed by atoms with Gasteiger partial charge in [-0.1, -0.05) is 29.8 Å². The van der Waals surface area contributed by atoms with Gasteiger partial charge in [-0.25, -0.2) is 0 Å². The third-order valence-corrected chi connectivity index (χ3v) is 6.37. The van der Waals surface area contributed by atoms with Crippen molar-refractivity contribution in [3.8, 4) is 0 Å². The van der Waals surface area contributed by atoms with Crippen LogP contribution < -0.4 is 9.80 Å². The number of carbonyl (C=O) groups excluding carboxylic acids is 1. The lowest BCUT2D eigenvalue weighted by molar-refractivity contribution is -0.892. The van der Waals surface area contributed by atoms with Gasteiger partial charge >= 0.3 is 0 Å². The molecule has 0 bridgehead atoms. The number of benzene rings is 2. The van der Waals surface area contributed by atoms with E-state index in [2.05, 4.69) is 48.4 Å². The van der Waals surface area contributed by atoms with E-state index >= 15 is 0 Å². The van der Waals surface area contributed by atoms with E-state index in [4.69, 9.17) is 11.6 Å². The Labute approximate surface area is 177 Å². The standard InChI is InChI=1S/C22H28ClN3OS/c1-17-4-7-19(23)14-21(17)26-12-10-25(11-13-26)16-22(27)24(2)15-18-5-8-20(28-3)9-6-18/h4-9,14H,10-13,15-16H2,1-3H3/p+1. The fourth-order valence-electron chi connectivity index (χ4n) is 3.61. The summed E-state index contributed by atoms with van der Waals surface area (Å²) in [5.41, 5.74) is 3.63. The van der Waals surface area contributed by atoms with Crippen LogP contribution >= 0.6 is 23.4 Å². The van der Waals surface area contributed by atoms with Crippen molar-refractivity contribution >= 4 is 35.0 Å². The van der Waals surface area contributed by atoms with E-state index in [0.717, 1.165) is 31.2 Å². The van der Waals surface area contributed by atoms with Crippen molar-refractivity contribution in [2.24, 2.45) is 0 Å². The van der Waals surface area contributed by atoms with E-state index in [0.29, 0.717) is 13.1 Å². The summed E-state index contributed by atoms with van der Waals surface area (Å²) in [5.74, 6) is 0.205. The van der Waals surface area contributed by atoms with Crippen molar-refractivity contribution in [2.75, 3.05) is 50.9 Å². The molecule has 2 aromatic rings. The van der Waals surface area contributed by atoms with Crippen molar-refractivity contribution in [3.63, 3.8) is 0 Å². The van der Waals surface area contributed by atoms with Crippen molar-refractivity contribution in [2.45, 2.75) is 18.4 Å². The minimum atomic E-state index is 0.205. The van der Waals surface area contributed by atoms with E-state index in [-0.39, 0.29) is 5.91 Å². The highest BCUT2D eigenvalue weighted by atomic mass is 35.5. The lowest BCUT2D eigenvalue weighted by Crippen LogP contribution is -3.15. The minimum Gasteiger partial charge on any atom is -0.360 e. The van der Waals surface area contributed by atoms with Crippen LogP contribution in [-0.2, 0) is 11.3 Å². The van der Waals surface area contributed by atoms with Crippen LogP contribution in [0.25, 0.3) is 0 Å². The molecule has 2 aromatic carbocycles. The summed E-state index contributed by atoms with van der Waals surface area (Å²) in [5, 5.41) is 0.776. The summed E-state index contributed by atoms with van der Waals surface area (Å²) in [6.45, 7) is 7.17. The highest BCUT2D eigenvalue weighted by Crippen LogP contribution is 2.24. The van der Waals surface area contributed by atoms with Crippen LogP contribution in [0.1, 0.15) is 11.1 Å². The van der Waals surface area contributed by atoms with Gasteiger partial charge in [0, 0.05) is 29.2 Å². The Morgan fingerprint density at radius 1 is 1.18 bits per heavy atom. The Bertz CT molecular complexity index is 804. The molecular weight excluding hydrogens is 390 g/mol. The summed E-state index contributed by atoms with van der Waals surface area (Å²) in [4.78, 5) is 19.5. The maximum atomic E-state index is 12.7. The lowest BCUT2D eigenvalue weighted by atomic mass is 10.1. The number of nitrogens with zero attached hydrogens (tertiary/aromatic N) is 2. The third kappa shape index (κ3) is 5.43. The highest BCUT2D eigenvalue weighted by Gasteiger charge is 2.24. The summed E-state index contributed by atoms with van der Waals surface area (Å²) >= 11 is 7.90. The number of likely N-dealkylation sites (N-methyl/N-ethyl adjacent to an activating group) is 1. The molecule has 1 saturated heterocycles. The van der Waals surface area contributed by atoms with Crippen LogP contribution in [0.5, 0.6) is 0 Å². The first kappa shape index (κ1) is 21.0. The number of anilines is 1. The quantitative estimate of drug-likeness (QED) is 0.731. The Kier molecular flexibility index (Phi) is 7.27. The largest absolute Gasteiger partial charge is 0.360 e. The minimum absolute atomic E-state index is 0.205. The molecule has 0 radical (unpaired) electrons. The number of nitrogens with one attached hydrogen (secondary N) is 1. The number of halogens is 1. The monoisotopic (exact) mass is 418 g/mol. The molecule has 1 fully saturated rings. The molecular formula is C22H29ClN3OS+. The number of piperazine rings is 1. The van der Waals surface area contributed by atoms with Gasteiger partial charge in [-0.15, -0.1) is 11.8 Å². The molecule has 1 amide bonds. The molecule has 1 aliphatic heterocycles. The molecule has 0 unspecified atom stereocenters. The topological polar surface area (TPSA) is 28.0 Å². The zero-order valence-electron chi connectivity index (χ0n) is 16.9. The van der Waals surface area contributed by atoms with Gasteiger partial charge in [-0.05, 0) is 48.6 Å². The maximum absolute atomic E-state index is 12.7. The average Bonchev–Trinajstić information content (AvgIpc) is 2.71. The average molecular weight is 419 g/mol. The second kappa shape index (κ2) is 9.68. The smallest absolute Gasteiger partial charge is 0.277 e. The molecule has 0 aromatic heterocycles. The van der Waals surface area contributed by atoms with Crippen LogP contribution in [0.2, 0.25) is 5.02 Å². The van der Waals surface area contributed by atoms with Crippen molar-refractivity contribution < 1.29 is 9.69 Å². The first-order valence-corrected chi connectivity index (χ1v) is 11.3. The number of aryl methyl sites for hydroxylation is 1. The van der Waals surface area contributed by atoms with Gasteiger partial charge in [-0.2, -0.15) is 0 Å². The molecule has 3 rings (SSSR count). The number of carbonyl (C=O) groups is 1. The Morgan fingerprint density at radius 3 is 2.50 bits per heavy atom. The molecule has 1 heterocycles. The van der Waals surface area contributed by atoms with E-state index in [1.54, 1.807) is 11.8 Å². The molecule has 0 spiro atoms. The molecule has 28 heavy (non-hydrogen) atoms. The highest BCUT2D eigenvalue weighted by molar-refractivity contribution is 7.98. The summed E-state index contributed by atoms with van der Waals surface area (Å²) in [6, 6.07) is 14.5. The zero-order chi connectivity index (χ0) is 20.1. The molecule has 0 saturated carbocycles. The number of quaternary nitrogens is 1. The van der Waals surface area contributed by atoms with Crippen molar-refractivity contribution in [3.05, 3.63) is 58.6 Å². The predicted molar refractivity (Wildman–Crippen MR) is 119 cm³/mol. The normalized spacial score (nSPS) is 14.9. The number of rotatable bonds is 6. The number of hydrogen-bond acceptors (Lipinski definition) is 3. The van der Waals surface area contributed by atoms with Crippen molar-refractivity contribution in [1.82, 2.24) is 4.90 Å². The molecule has 6 heteroatoms. The summed E-state index contributed by atoms with van der Waals surface area (Å²) < 4.78 is 0. The van der Waals surface area contributed by atoms with Gasteiger partial charge in [-0.3, -0.25) is 4.79 Å². The van der Waals surface area contributed by atoms with E-state index < -0.39 is 0 Å². The fraction of sp³-hybridized carbons (Fsp3) is 0.409. The Balaban J connectivity index is 1.49. The van der Waals surface area contributed by atoms with Crippen LogP contribution in [0.3, 0.4) is 0 Å². The molecule has 0 aliphatic carbocycles. The second-order valence-corrected chi connectivity index (χ2v) is 8.76. The number of thioether (sulfide) groups is 1. The molecule has 1 aliphatic rings. The predicted octanol–water partition coefficient (Wildman–Crippen LogP) is 2.73. The van der Waals surface area contributed by atoms with Crippen LogP contribution in [0.15, 0.2) is 47.4 Å². The van der Waals surface area contributed by atoms with Crippen LogP contribution in [0, 0.1) is 6.92 Å². The zero-order valence-corrected chi connectivity index (χ0v) is 18.4. The first-order valence-electron chi connectivity index (χ1n) is 9.68. The van der Waals surface area contributed by atoms with Gasteiger partial charge in [0.15, 0.2) is 6.54 Å². The van der Waals surface area contributed by atoms with Gasteiger partial charge in [0.2, 0.25) is 0 Å². The number of amides is 1.